The van der Waals surface area contributed by atoms with Crippen LogP contribution in [0.5, 0.6) is 0 Å². The van der Waals surface area contributed by atoms with Gasteiger partial charge < -0.3 is 11.1 Å². The molecule has 6 heteroatoms. The number of rotatable bonds is 4. The fourth-order valence-corrected chi connectivity index (χ4v) is 3.36. The van der Waals surface area contributed by atoms with Gasteiger partial charge in [-0.1, -0.05) is 23.8 Å². The average molecular weight is 326 g/mol. The van der Waals surface area contributed by atoms with Gasteiger partial charge in [-0.3, -0.25) is 0 Å². The van der Waals surface area contributed by atoms with Crippen molar-refractivity contribution in [1.82, 2.24) is 4.98 Å². The summed E-state index contributed by atoms with van der Waals surface area (Å²) >= 11 is 12.8. The van der Waals surface area contributed by atoms with E-state index >= 15 is 0 Å². The molecular formula is C14H16ClN3S2. The summed E-state index contributed by atoms with van der Waals surface area (Å²) in [7, 11) is 0. The summed E-state index contributed by atoms with van der Waals surface area (Å²) < 4.78 is 0. The van der Waals surface area contributed by atoms with Crippen LogP contribution >= 0.6 is 35.2 Å². The van der Waals surface area contributed by atoms with Crippen LogP contribution in [0.4, 0.5) is 5.69 Å². The number of thiocarbonyl (C=S) groups is 1. The number of aryl methyl sites for hydroxylation is 2. The van der Waals surface area contributed by atoms with E-state index in [1.165, 1.54) is 4.88 Å². The Balaban J connectivity index is 2.30. The van der Waals surface area contributed by atoms with E-state index in [0.717, 1.165) is 22.0 Å². The Morgan fingerprint density at radius 2 is 2.15 bits per heavy atom. The molecule has 0 spiro atoms. The molecule has 0 radical (unpaired) electrons. The number of nitrogens with one attached hydrogen (secondary N) is 1. The Bertz CT molecular complexity index is 652. The van der Waals surface area contributed by atoms with Gasteiger partial charge in [-0.05, 0) is 39.0 Å². The molecule has 2 rings (SSSR count). The minimum absolute atomic E-state index is 0.135. The summed E-state index contributed by atoms with van der Waals surface area (Å²) in [6, 6.07) is 5.64. The van der Waals surface area contributed by atoms with Gasteiger partial charge >= 0.3 is 0 Å². The average Bonchev–Trinajstić information content (AvgIpc) is 2.70. The van der Waals surface area contributed by atoms with Crippen molar-refractivity contribution in [2.24, 2.45) is 5.73 Å². The number of nitrogens with two attached hydrogens (primary N) is 1. The standard InChI is InChI=1S/C14H16ClN3S2/c1-7-13(20-9(3)17-7)8(2)18-12-5-4-10(15)6-11(12)14(16)19/h4-6,8,18H,1-3H3,(H2,16,19). The van der Waals surface area contributed by atoms with Crippen molar-refractivity contribution in [3.8, 4) is 0 Å². The van der Waals surface area contributed by atoms with Gasteiger partial charge in [0, 0.05) is 21.2 Å². The Hall–Kier alpha value is -1.17. The maximum absolute atomic E-state index is 5.99. The molecule has 3 N–H and O–H groups in total. The SMILES string of the molecule is Cc1nc(C)c(C(C)Nc2ccc(Cl)cc2C(N)=S)s1. The second-order valence-corrected chi connectivity index (χ2v) is 6.71. The summed E-state index contributed by atoms with van der Waals surface area (Å²) in [5.74, 6) is 0. The molecular weight excluding hydrogens is 310 g/mol. The number of halogens is 1. The van der Waals surface area contributed by atoms with Gasteiger partial charge in [0.2, 0.25) is 0 Å². The molecule has 3 nitrogen and oxygen atoms in total. The molecule has 0 saturated heterocycles. The van der Waals surface area contributed by atoms with E-state index in [0.29, 0.717) is 10.0 Å². The van der Waals surface area contributed by atoms with Crippen LogP contribution in [0.3, 0.4) is 0 Å². The van der Waals surface area contributed by atoms with Crippen LogP contribution in [-0.2, 0) is 0 Å². The van der Waals surface area contributed by atoms with Crippen LogP contribution in [-0.4, -0.2) is 9.97 Å². The molecule has 20 heavy (non-hydrogen) atoms. The molecule has 0 fully saturated rings. The maximum atomic E-state index is 5.99. The molecule has 1 aromatic carbocycles. The lowest BCUT2D eigenvalue weighted by Crippen LogP contribution is -2.15. The first-order chi connectivity index (χ1) is 9.38. The highest BCUT2D eigenvalue weighted by atomic mass is 35.5. The third-order valence-electron chi connectivity index (χ3n) is 2.95. The van der Waals surface area contributed by atoms with E-state index in [1.54, 1.807) is 17.4 Å². The second kappa shape index (κ2) is 6.08. The van der Waals surface area contributed by atoms with Crippen LogP contribution in [0, 0.1) is 13.8 Å². The summed E-state index contributed by atoms with van der Waals surface area (Å²) in [4.78, 5) is 6.00. The zero-order valence-electron chi connectivity index (χ0n) is 11.5. The number of aromatic nitrogens is 1. The predicted octanol–water partition coefficient (Wildman–Crippen LogP) is 4.22. The number of hydrogen-bond donors (Lipinski definition) is 2. The zero-order valence-corrected chi connectivity index (χ0v) is 13.9. The van der Waals surface area contributed by atoms with Crippen molar-refractivity contribution in [2.45, 2.75) is 26.8 Å². The van der Waals surface area contributed by atoms with Gasteiger partial charge in [0.1, 0.15) is 4.99 Å². The monoisotopic (exact) mass is 325 g/mol. The van der Waals surface area contributed by atoms with Crippen LogP contribution in [0.25, 0.3) is 0 Å². The molecule has 1 atom stereocenters. The first-order valence-electron chi connectivity index (χ1n) is 6.18. The summed E-state index contributed by atoms with van der Waals surface area (Å²) in [5, 5.41) is 5.12. The van der Waals surface area contributed by atoms with Crippen molar-refractivity contribution in [3.63, 3.8) is 0 Å². The maximum Gasteiger partial charge on any atom is 0.106 e. The topological polar surface area (TPSA) is 50.9 Å². The van der Waals surface area contributed by atoms with E-state index in [9.17, 15) is 0 Å². The van der Waals surface area contributed by atoms with Gasteiger partial charge in [0.15, 0.2) is 0 Å². The first kappa shape index (κ1) is 15.2. The van der Waals surface area contributed by atoms with Gasteiger partial charge in [-0.2, -0.15) is 0 Å². The molecule has 0 bridgehead atoms. The number of thiazole rings is 1. The van der Waals surface area contributed by atoms with E-state index in [4.69, 9.17) is 29.6 Å². The first-order valence-corrected chi connectivity index (χ1v) is 7.78. The van der Waals surface area contributed by atoms with Gasteiger partial charge in [-0.25, -0.2) is 4.98 Å². The van der Waals surface area contributed by atoms with Crippen molar-refractivity contribution in [1.29, 1.82) is 0 Å². The van der Waals surface area contributed by atoms with E-state index in [1.807, 2.05) is 26.0 Å². The van der Waals surface area contributed by atoms with Crippen molar-refractivity contribution < 1.29 is 0 Å². The summed E-state index contributed by atoms with van der Waals surface area (Å²) in [6.07, 6.45) is 0. The van der Waals surface area contributed by atoms with Crippen LogP contribution in [0.15, 0.2) is 18.2 Å². The van der Waals surface area contributed by atoms with Gasteiger partial charge in [0.25, 0.3) is 0 Å². The highest BCUT2D eigenvalue weighted by Crippen LogP contribution is 2.29. The fourth-order valence-electron chi connectivity index (χ4n) is 2.09. The normalized spacial score (nSPS) is 12.2. The quantitative estimate of drug-likeness (QED) is 0.826. The molecule has 2 aromatic rings. The lowest BCUT2D eigenvalue weighted by Gasteiger charge is -2.17. The highest BCUT2D eigenvalue weighted by molar-refractivity contribution is 7.80. The predicted molar refractivity (Wildman–Crippen MR) is 91.0 cm³/mol. The third-order valence-corrected chi connectivity index (χ3v) is 4.66. The minimum atomic E-state index is 0.135. The lowest BCUT2D eigenvalue weighted by atomic mass is 10.1. The van der Waals surface area contributed by atoms with Crippen molar-refractivity contribution >= 4 is 45.8 Å². The molecule has 0 aliphatic rings. The third kappa shape index (κ3) is 3.29. The van der Waals surface area contributed by atoms with Gasteiger partial charge in [-0.15, -0.1) is 11.3 Å². The van der Waals surface area contributed by atoms with Crippen LogP contribution in [0.2, 0.25) is 5.02 Å². The lowest BCUT2D eigenvalue weighted by molar-refractivity contribution is 0.889. The Kier molecular flexibility index (Phi) is 4.62. The molecule has 1 aromatic heterocycles. The number of hydrogen-bond acceptors (Lipinski definition) is 4. The van der Waals surface area contributed by atoms with Crippen LogP contribution < -0.4 is 11.1 Å². The molecule has 0 aliphatic carbocycles. The second-order valence-electron chi connectivity index (χ2n) is 4.60. The molecule has 1 unspecified atom stereocenters. The van der Waals surface area contributed by atoms with Crippen molar-refractivity contribution in [2.75, 3.05) is 5.32 Å². The Morgan fingerprint density at radius 3 is 2.70 bits per heavy atom. The number of benzene rings is 1. The van der Waals surface area contributed by atoms with E-state index in [2.05, 4.69) is 17.2 Å². The van der Waals surface area contributed by atoms with E-state index < -0.39 is 0 Å². The molecule has 0 amide bonds. The number of nitrogens with zero attached hydrogens (tertiary/aromatic N) is 1. The Labute approximate surface area is 133 Å². The molecule has 1 heterocycles. The Morgan fingerprint density at radius 1 is 1.45 bits per heavy atom. The highest BCUT2D eigenvalue weighted by Gasteiger charge is 2.15. The largest absolute Gasteiger partial charge is 0.389 e. The zero-order chi connectivity index (χ0) is 14.9. The summed E-state index contributed by atoms with van der Waals surface area (Å²) in [6.45, 7) is 6.13. The molecule has 106 valence electrons. The van der Waals surface area contributed by atoms with Gasteiger partial charge in [0.05, 0.1) is 16.7 Å². The minimum Gasteiger partial charge on any atom is -0.389 e. The number of anilines is 1. The van der Waals surface area contributed by atoms with E-state index in [-0.39, 0.29) is 6.04 Å². The molecule has 0 saturated carbocycles. The summed E-state index contributed by atoms with van der Waals surface area (Å²) in [5.41, 5.74) is 8.46. The molecule has 0 aliphatic heterocycles. The smallest absolute Gasteiger partial charge is 0.106 e. The van der Waals surface area contributed by atoms with Crippen LogP contribution in [0.1, 0.15) is 34.1 Å². The van der Waals surface area contributed by atoms with Crippen molar-refractivity contribution in [3.05, 3.63) is 44.4 Å². The fraction of sp³-hybridized carbons (Fsp3) is 0.286.